The first-order valence-electron chi connectivity index (χ1n) is 6.17. The van der Waals surface area contributed by atoms with Crippen molar-refractivity contribution in [2.45, 2.75) is 6.92 Å². The number of amides is 1. The lowest BCUT2D eigenvalue weighted by Crippen LogP contribution is -2.14. The molecule has 3 rings (SSSR count). The number of nitrogens with two attached hydrogens (primary N) is 1. The van der Waals surface area contributed by atoms with E-state index >= 15 is 0 Å². The highest BCUT2D eigenvalue weighted by Gasteiger charge is 2.17. The number of para-hydroxylation sites is 1. The summed E-state index contributed by atoms with van der Waals surface area (Å²) in [5.41, 5.74) is 8.24. The van der Waals surface area contributed by atoms with E-state index in [4.69, 9.17) is 5.73 Å². The van der Waals surface area contributed by atoms with Crippen LogP contribution in [0.1, 0.15) is 15.4 Å². The van der Waals surface area contributed by atoms with Crippen molar-refractivity contribution in [1.29, 1.82) is 0 Å². The third-order valence-corrected chi connectivity index (χ3v) is 3.89. The molecular formula is C15H13N3OS. The van der Waals surface area contributed by atoms with Gasteiger partial charge in [0.2, 0.25) is 0 Å². The fourth-order valence-electron chi connectivity index (χ4n) is 2.07. The zero-order chi connectivity index (χ0) is 14.1. The van der Waals surface area contributed by atoms with Crippen LogP contribution >= 0.6 is 11.3 Å². The summed E-state index contributed by atoms with van der Waals surface area (Å²) in [5.74, 6) is -0.232. The lowest BCUT2D eigenvalue weighted by atomic mass is 10.1. The molecule has 20 heavy (non-hydrogen) atoms. The molecule has 0 aliphatic rings. The van der Waals surface area contributed by atoms with Crippen molar-refractivity contribution in [3.05, 3.63) is 53.0 Å². The van der Waals surface area contributed by atoms with E-state index in [9.17, 15) is 4.79 Å². The highest BCUT2D eigenvalue weighted by molar-refractivity contribution is 7.18. The summed E-state index contributed by atoms with van der Waals surface area (Å²) in [6.45, 7) is 1.92. The van der Waals surface area contributed by atoms with E-state index in [0.717, 1.165) is 15.4 Å². The number of aryl methyl sites for hydroxylation is 1. The van der Waals surface area contributed by atoms with Gasteiger partial charge in [0.25, 0.3) is 5.91 Å². The molecular weight excluding hydrogens is 270 g/mol. The molecule has 0 unspecified atom stereocenters. The largest absolute Gasteiger partial charge is 0.398 e. The molecule has 0 spiro atoms. The predicted octanol–water partition coefficient (Wildman–Crippen LogP) is 3.44. The second kappa shape index (κ2) is 4.94. The molecule has 0 atom stereocenters. The maximum absolute atomic E-state index is 12.4. The molecule has 3 aromatic rings. The van der Waals surface area contributed by atoms with Gasteiger partial charge in [0.05, 0.1) is 20.8 Å². The molecule has 1 amide bonds. The molecule has 1 heterocycles. The minimum atomic E-state index is -0.232. The standard InChI is InChI=1S/C15H13N3OS/c1-9-17-14-12(20-9)8-7-11(16)13(14)15(19)18-10-5-3-2-4-6-10/h2-8H,16H2,1H3,(H,18,19). The molecule has 3 N–H and O–H groups in total. The Kier molecular flexibility index (Phi) is 3.12. The van der Waals surface area contributed by atoms with Crippen molar-refractivity contribution < 1.29 is 4.79 Å². The fraction of sp³-hybridized carbons (Fsp3) is 0.0667. The second-order valence-electron chi connectivity index (χ2n) is 4.43. The second-order valence-corrected chi connectivity index (χ2v) is 5.66. The van der Waals surface area contributed by atoms with Crippen LogP contribution in [0.5, 0.6) is 0 Å². The van der Waals surface area contributed by atoms with E-state index in [0.29, 0.717) is 16.8 Å². The van der Waals surface area contributed by atoms with Crippen LogP contribution in [-0.4, -0.2) is 10.9 Å². The van der Waals surface area contributed by atoms with Gasteiger partial charge in [-0.1, -0.05) is 18.2 Å². The molecule has 4 nitrogen and oxygen atoms in total. The lowest BCUT2D eigenvalue weighted by Gasteiger charge is -2.08. The van der Waals surface area contributed by atoms with E-state index in [1.54, 1.807) is 17.4 Å². The number of anilines is 2. The summed E-state index contributed by atoms with van der Waals surface area (Å²) in [5, 5.41) is 3.76. The maximum atomic E-state index is 12.4. The fourth-order valence-corrected chi connectivity index (χ4v) is 2.91. The van der Waals surface area contributed by atoms with Crippen molar-refractivity contribution in [1.82, 2.24) is 4.98 Å². The predicted molar refractivity (Wildman–Crippen MR) is 83.2 cm³/mol. The molecule has 0 bridgehead atoms. The van der Waals surface area contributed by atoms with E-state index in [1.165, 1.54) is 0 Å². The number of carbonyl (C=O) groups is 1. The van der Waals surface area contributed by atoms with Gasteiger partial charge in [-0.05, 0) is 31.2 Å². The number of fused-ring (bicyclic) bond motifs is 1. The molecule has 5 heteroatoms. The zero-order valence-corrected chi connectivity index (χ0v) is 11.7. The number of carbonyl (C=O) groups excluding carboxylic acids is 1. The highest BCUT2D eigenvalue weighted by Crippen LogP contribution is 2.29. The zero-order valence-electron chi connectivity index (χ0n) is 10.9. The smallest absolute Gasteiger partial charge is 0.260 e. The quantitative estimate of drug-likeness (QED) is 0.708. The van der Waals surface area contributed by atoms with Gasteiger partial charge in [0, 0.05) is 11.4 Å². The number of benzene rings is 2. The van der Waals surface area contributed by atoms with Crippen LogP contribution in [0.2, 0.25) is 0 Å². The maximum Gasteiger partial charge on any atom is 0.260 e. The minimum absolute atomic E-state index is 0.232. The molecule has 100 valence electrons. The molecule has 0 radical (unpaired) electrons. The Hall–Kier alpha value is -2.40. The summed E-state index contributed by atoms with van der Waals surface area (Å²) in [6, 6.07) is 12.9. The molecule has 0 saturated heterocycles. The number of thiazole rings is 1. The first-order chi connectivity index (χ1) is 9.65. The summed E-state index contributed by atoms with van der Waals surface area (Å²) >= 11 is 1.55. The highest BCUT2D eigenvalue weighted by atomic mass is 32.1. The van der Waals surface area contributed by atoms with Gasteiger partial charge in [0.1, 0.15) is 0 Å². The summed E-state index contributed by atoms with van der Waals surface area (Å²) in [4.78, 5) is 16.8. The summed E-state index contributed by atoms with van der Waals surface area (Å²) < 4.78 is 0.968. The third kappa shape index (κ3) is 2.23. The third-order valence-electron chi connectivity index (χ3n) is 2.96. The average molecular weight is 283 g/mol. The van der Waals surface area contributed by atoms with Crippen molar-refractivity contribution >= 4 is 38.8 Å². The van der Waals surface area contributed by atoms with E-state index < -0.39 is 0 Å². The molecule has 2 aromatic carbocycles. The van der Waals surface area contributed by atoms with Gasteiger partial charge in [-0.3, -0.25) is 4.79 Å². The number of nitrogens with zero attached hydrogens (tertiary/aromatic N) is 1. The Morgan fingerprint density at radius 1 is 1.20 bits per heavy atom. The van der Waals surface area contributed by atoms with E-state index in [1.807, 2.05) is 43.3 Å². The van der Waals surface area contributed by atoms with Gasteiger partial charge in [-0.2, -0.15) is 0 Å². The normalized spacial score (nSPS) is 10.7. The Labute approximate surface area is 120 Å². The Morgan fingerprint density at radius 3 is 2.70 bits per heavy atom. The van der Waals surface area contributed by atoms with Gasteiger partial charge in [-0.15, -0.1) is 11.3 Å². The summed E-state index contributed by atoms with van der Waals surface area (Å²) in [7, 11) is 0. The SMILES string of the molecule is Cc1nc2c(C(=O)Nc3ccccc3)c(N)ccc2s1. The van der Waals surface area contributed by atoms with Gasteiger partial charge in [-0.25, -0.2) is 4.98 Å². The van der Waals surface area contributed by atoms with Crippen LogP contribution in [0, 0.1) is 6.92 Å². The average Bonchev–Trinajstić information content (AvgIpc) is 2.79. The van der Waals surface area contributed by atoms with E-state index in [2.05, 4.69) is 10.3 Å². The molecule has 0 aliphatic heterocycles. The Bertz CT molecular complexity index is 780. The molecule has 0 fully saturated rings. The van der Waals surface area contributed by atoms with Crippen molar-refractivity contribution in [2.75, 3.05) is 11.1 Å². The Morgan fingerprint density at radius 2 is 1.95 bits per heavy atom. The first kappa shape index (κ1) is 12.6. The van der Waals surface area contributed by atoms with Crippen LogP contribution in [0.3, 0.4) is 0 Å². The van der Waals surface area contributed by atoms with Crippen molar-refractivity contribution in [3.8, 4) is 0 Å². The van der Waals surface area contributed by atoms with Crippen LogP contribution in [-0.2, 0) is 0 Å². The van der Waals surface area contributed by atoms with E-state index in [-0.39, 0.29) is 5.91 Å². The Balaban J connectivity index is 2.05. The number of hydrogen-bond donors (Lipinski definition) is 2. The van der Waals surface area contributed by atoms with Crippen LogP contribution in [0.25, 0.3) is 10.2 Å². The monoisotopic (exact) mass is 283 g/mol. The molecule has 1 aromatic heterocycles. The number of hydrogen-bond acceptors (Lipinski definition) is 4. The first-order valence-corrected chi connectivity index (χ1v) is 6.99. The number of rotatable bonds is 2. The number of nitrogen functional groups attached to an aromatic ring is 1. The van der Waals surface area contributed by atoms with Crippen LogP contribution in [0.15, 0.2) is 42.5 Å². The lowest BCUT2D eigenvalue weighted by molar-refractivity contribution is 0.102. The van der Waals surface area contributed by atoms with Crippen LogP contribution < -0.4 is 11.1 Å². The van der Waals surface area contributed by atoms with Crippen molar-refractivity contribution in [3.63, 3.8) is 0 Å². The van der Waals surface area contributed by atoms with Gasteiger partial charge in [0.15, 0.2) is 0 Å². The topological polar surface area (TPSA) is 68.0 Å². The number of aromatic nitrogens is 1. The summed E-state index contributed by atoms with van der Waals surface area (Å²) in [6.07, 6.45) is 0. The van der Waals surface area contributed by atoms with Crippen LogP contribution in [0.4, 0.5) is 11.4 Å². The molecule has 0 aliphatic carbocycles. The van der Waals surface area contributed by atoms with Gasteiger partial charge >= 0.3 is 0 Å². The van der Waals surface area contributed by atoms with Crippen molar-refractivity contribution in [2.24, 2.45) is 0 Å². The van der Waals surface area contributed by atoms with Gasteiger partial charge < -0.3 is 11.1 Å². The molecule has 0 saturated carbocycles. The minimum Gasteiger partial charge on any atom is -0.398 e. The number of nitrogens with one attached hydrogen (secondary N) is 1.